The minimum atomic E-state index is -0.560. The molecule has 0 aromatic heterocycles. The lowest BCUT2D eigenvalue weighted by molar-refractivity contribution is -0.384. The van der Waals surface area contributed by atoms with E-state index in [0.717, 1.165) is 4.90 Å². The van der Waals surface area contributed by atoms with Gasteiger partial charge >= 0.3 is 0 Å². The molecular weight excluding hydrogens is 454 g/mol. The number of ether oxygens (including phenoxy) is 1. The van der Waals surface area contributed by atoms with Crippen LogP contribution in [0, 0.1) is 10.1 Å². The summed E-state index contributed by atoms with van der Waals surface area (Å²) in [6.07, 6.45) is 0. The monoisotopic (exact) mass is 471 g/mol. The Labute approximate surface area is 193 Å². The lowest BCUT2D eigenvalue weighted by Gasteiger charge is -2.13. The van der Waals surface area contributed by atoms with E-state index >= 15 is 0 Å². The fourth-order valence-electron chi connectivity index (χ4n) is 2.80. The summed E-state index contributed by atoms with van der Waals surface area (Å²) in [5, 5.41) is 17.2. The van der Waals surface area contributed by atoms with Crippen LogP contribution in [0.1, 0.15) is 17.3 Å². The number of nitrogens with zero attached hydrogens (tertiary/aromatic N) is 1. The van der Waals surface area contributed by atoms with Crippen molar-refractivity contribution in [2.75, 3.05) is 17.7 Å². The lowest BCUT2D eigenvalue weighted by atomic mass is 10.1. The third kappa shape index (κ3) is 5.77. The molecule has 0 fully saturated rings. The maximum atomic E-state index is 13.1. The largest absolute Gasteiger partial charge is 0.495 e. The molecule has 3 rings (SSSR count). The molecule has 2 N–H and O–H groups in total. The second-order valence-electron chi connectivity index (χ2n) is 6.54. The van der Waals surface area contributed by atoms with Crippen molar-refractivity contribution < 1.29 is 19.2 Å². The number of nitro benzene ring substituents is 1. The minimum absolute atomic E-state index is 0.135. The molecule has 164 valence electrons. The number of nitrogens with one attached hydrogen (secondary N) is 2. The van der Waals surface area contributed by atoms with E-state index in [1.54, 1.807) is 42.5 Å². The highest BCUT2D eigenvalue weighted by Crippen LogP contribution is 2.34. The number of amides is 2. The molecule has 0 radical (unpaired) electrons. The van der Waals surface area contributed by atoms with Gasteiger partial charge in [-0.05, 0) is 48.5 Å². The van der Waals surface area contributed by atoms with Gasteiger partial charge < -0.3 is 15.4 Å². The summed E-state index contributed by atoms with van der Waals surface area (Å²) in [4.78, 5) is 36.5. The van der Waals surface area contributed by atoms with Crippen LogP contribution in [0.3, 0.4) is 0 Å². The molecule has 0 atom stereocenters. The van der Waals surface area contributed by atoms with Crippen molar-refractivity contribution in [3.05, 3.63) is 81.4 Å². The molecular formula is C22H18ClN3O5S. The van der Waals surface area contributed by atoms with Crippen LogP contribution >= 0.6 is 23.4 Å². The first kappa shape index (κ1) is 23.1. The maximum absolute atomic E-state index is 13.1. The van der Waals surface area contributed by atoms with Gasteiger partial charge in [-0.25, -0.2) is 0 Å². The molecule has 0 bridgehead atoms. The molecule has 0 saturated carbocycles. The van der Waals surface area contributed by atoms with Crippen LogP contribution in [0.15, 0.2) is 70.5 Å². The molecule has 0 aliphatic rings. The van der Waals surface area contributed by atoms with Crippen LogP contribution in [0.25, 0.3) is 0 Å². The number of benzene rings is 3. The zero-order valence-electron chi connectivity index (χ0n) is 17.0. The van der Waals surface area contributed by atoms with Gasteiger partial charge in [0.05, 0.1) is 23.3 Å². The lowest BCUT2D eigenvalue weighted by Crippen LogP contribution is -2.14. The Morgan fingerprint density at radius 1 is 1.03 bits per heavy atom. The van der Waals surface area contributed by atoms with Crippen LogP contribution in [-0.4, -0.2) is 23.8 Å². The van der Waals surface area contributed by atoms with Crippen molar-refractivity contribution in [2.45, 2.75) is 16.7 Å². The molecule has 0 spiro atoms. The maximum Gasteiger partial charge on any atom is 0.270 e. The van der Waals surface area contributed by atoms with Gasteiger partial charge in [-0.2, -0.15) is 0 Å². The number of nitro groups is 1. The molecule has 3 aromatic carbocycles. The van der Waals surface area contributed by atoms with Crippen LogP contribution in [0.4, 0.5) is 17.1 Å². The Hall–Kier alpha value is -3.56. The van der Waals surface area contributed by atoms with Crippen molar-refractivity contribution >= 4 is 52.2 Å². The fraction of sp³-hybridized carbons (Fsp3) is 0.0909. The average molecular weight is 472 g/mol. The summed E-state index contributed by atoms with van der Waals surface area (Å²) < 4.78 is 5.21. The van der Waals surface area contributed by atoms with Gasteiger partial charge in [0.15, 0.2) is 0 Å². The summed E-state index contributed by atoms with van der Waals surface area (Å²) in [5.74, 6) is -0.413. The van der Waals surface area contributed by atoms with Crippen LogP contribution < -0.4 is 15.4 Å². The molecule has 10 heteroatoms. The van der Waals surface area contributed by atoms with Gasteiger partial charge in [0.1, 0.15) is 5.75 Å². The molecule has 3 aromatic rings. The highest BCUT2D eigenvalue weighted by atomic mass is 35.5. The van der Waals surface area contributed by atoms with Gasteiger partial charge in [0.2, 0.25) is 5.91 Å². The minimum Gasteiger partial charge on any atom is -0.495 e. The number of non-ortho nitro benzene ring substituents is 1. The number of anilines is 2. The first-order valence-corrected chi connectivity index (χ1v) is 10.4. The highest BCUT2D eigenvalue weighted by Gasteiger charge is 2.19. The van der Waals surface area contributed by atoms with E-state index < -0.39 is 10.8 Å². The number of halogens is 1. The third-order valence-electron chi connectivity index (χ3n) is 4.23. The quantitative estimate of drug-likeness (QED) is 0.342. The molecule has 2 amide bonds. The summed E-state index contributed by atoms with van der Waals surface area (Å²) in [6, 6.07) is 15.9. The highest BCUT2D eigenvalue weighted by molar-refractivity contribution is 7.99. The number of rotatable bonds is 7. The standard InChI is InChI=1S/C22H18ClN3O5S/c1-13(27)24-19-11-15(5-9-20(19)31-2)25-22(28)18-12-16(26(29)30)6-10-21(18)32-17-7-3-14(23)4-8-17/h3-12H,1-2H3,(H,24,27)(H,25,28). The molecule has 0 unspecified atom stereocenters. The second kappa shape index (κ2) is 10.2. The van der Waals surface area contributed by atoms with Gasteiger partial charge in [0, 0.05) is 39.6 Å². The molecule has 0 saturated heterocycles. The van der Waals surface area contributed by atoms with Crippen molar-refractivity contribution in [3.8, 4) is 5.75 Å². The van der Waals surface area contributed by atoms with Gasteiger partial charge in [-0.1, -0.05) is 23.4 Å². The number of hydrogen-bond acceptors (Lipinski definition) is 6. The summed E-state index contributed by atoms with van der Waals surface area (Å²) in [7, 11) is 1.46. The van der Waals surface area contributed by atoms with Crippen LogP contribution in [0.5, 0.6) is 5.75 Å². The summed E-state index contributed by atoms with van der Waals surface area (Å²) in [6.45, 7) is 1.36. The number of carbonyl (C=O) groups excluding carboxylic acids is 2. The molecule has 0 heterocycles. The van der Waals surface area contributed by atoms with E-state index in [2.05, 4.69) is 10.6 Å². The Morgan fingerprint density at radius 3 is 2.38 bits per heavy atom. The second-order valence-corrected chi connectivity index (χ2v) is 8.10. The van der Waals surface area contributed by atoms with E-state index in [0.29, 0.717) is 27.0 Å². The third-order valence-corrected chi connectivity index (χ3v) is 5.56. The van der Waals surface area contributed by atoms with Crippen molar-refractivity contribution in [3.63, 3.8) is 0 Å². The first-order chi connectivity index (χ1) is 15.3. The Bertz CT molecular complexity index is 1180. The van der Waals surface area contributed by atoms with E-state index in [-0.39, 0.29) is 17.2 Å². The van der Waals surface area contributed by atoms with Gasteiger partial charge in [0.25, 0.3) is 11.6 Å². The predicted molar refractivity (Wildman–Crippen MR) is 124 cm³/mol. The van der Waals surface area contributed by atoms with E-state index in [1.165, 1.54) is 44.0 Å². The van der Waals surface area contributed by atoms with Gasteiger partial charge in [-0.3, -0.25) is 19.7 Å². The van der Waals surface area contributed by atoms with Crippen molar-refractivity contribution in [1.82, 2.24) is 0 Å². The summed E-state index contributed by atoms with van der Waals surface area (Å²) >= 11 is 7.21. The normalized spacial score (nSPS) is 10.3. The molecule has 32 heavy (non-hydrogen) atoms. The van der Waals surface area contributed by atoms with Crippen molar-refractivity contribution in [2.24, 2.45) is 0 Å². The zero-order chi connectivity index (χ0) is 23.3. The Morgan fingerprint density at radius 2 is 1.75 bits per heavy atom. The Balaban J connectivity index is 1.93. The zero-order valence-corrected chi connectivity index (χ0v) is 18.6. The molecule has 0 aliphatic heterocycles. The smallest absolute Gasteiger partial charge is 0.270 e. The van der Waals surface area contributed by atoms with E-state index in [1.807, 2.05) is 0 Å². The topological polar surface area (TPSA) is 111 Å². The predicted octanol–water partition coefficient (Wildman–Crippen LogP) is 5.62. The molecule has 0 aliphatic carbocycles. The van der Waals surface area contributed by atoms with E-state index in [4.69, 9.17) is 16.3 Å². The summed E-state index contributed by atoms with van der Waals surface area (Å²) in [5.41, 5.74) is 0.696. The van der Waals surface area contributed by atoms with Crippen LogP contribution in [0.2, 0.25) is 5.02 Å². The van der Waals surface area contributed by atoms with E-state index in [9.17, 15) is 19.7 Å². The fourth-order valence-corrected chi connectivity index (χ4v) is 3.85. The Kier molecular flexibility index (Phi) is 7.34. The van der Waals surface area contributed by atoms with Gasteiger partial charge in [-0.15, -0.1) is 0 Å². The number of hydrogen-bond donors (Lipinski definition) is 2. The first-order valence-electron chi connectivity index (χ1n) is 9.25. The SMILES string of the molecule is COc1ccc(NC(=O)c2cc([N+](=O)[O-])ccc2Sc2ccc(Cl)cc2)cc1NC(C)=O. The average Bonchev–Trinajstić information content (AvgIpc) is 2.75. The van der Waals surface area contributed by atoms with Crippen LogP contribution in [-0.2, 0) is 4.79 Å². The number of methoxy groups -OCH3 is 1. The van der Waals surface area contributed by atoms with Crippen molar-refractivity contribution in [1.29, 1.82) is 0 Å². The molecule has 8 nitrogen and oxygen atoms in total. The number of carbonyl (C=O) groups is 2.